The van der Waals surface area contributed by atoms with E-state index in [1.807, 2.05) is 6.26 Å². The Hall–Kier alpha value is -6.09. The first-order valence-electron chi connectivity index (χ1n) is 24.0. The van der Waals surface area contributed by atoms with Crippen molar-refractivity contribution in [3.8, 4) is 0 Å². The molecule has 26 nitrogen and oxygen atoms in total. The second-order valence-electron chi connectivity index (χ2n) is 18.0. The first-order chi connectivity index (χ1) is 33.8. The molecule has 408 valence electrons. The van der Waals surface area contributed by atoms with Crippen molar-refractivity contribution in [2.45, 2.75) is 167 Å². The maximum absolute atomic E-state index is 14.1. The molecule has 0 aromatic carbocycles. The number of hydrogen-bond donors (Lipinski definition) is 13. The zero-order valence-corrected chi connectivity index (χ0v) is 42.8. The fourth-order valence-electron chi connectivity index (χ4n) is 7.45. The van der Waals surface area contributed by atoms with Crippen molar-refractivity contribution in [2.24, 2.45) is 29.2 Å². The van der Waals surface area contributed by atoms with Crippen LogP contribution in [0.3, 0.4) is 0 Å². The lowest BCUT2D eigenvalue weighted by atomic mass is 9.95. The lowest BCUT2D eigenvalue weighted by Gasteiger charge is -2.31. The Morgan fingerprint density at radius 2 is 1.01 bits per heavy atom. The number of nitrogens with one attached hydrogen (secondary N) is 7. The number of hydrogen-bond acceptors (Lipinski definition) is 15. The first kappa shape index (κ1) is 63.9. The summed E-state index contributed by atoms with van der Waals surface area (Å²) >= 11 is 1.45. The number of rotatable bonds is 34. The van der Waals surface area contributed by atoms with Gasteiger partial charge in [-0.3, -0.25) is 52.7 Å². The van der Waals surface area contributed by atoms with Crippen LogP contribution in [0.4, 0.5) is 0 Å². The molecule has 0 spiro atoms. The van der Waals surface area contributed by atoms with Gasteiger partial charge in [0.05, 0.1) is 19.1 Å². The minimum atomic E-state index is -1.90. The lowest BCUT2D eigenvalue weighted by molar-refractivity contribution is -0.150. The molecule has 0 bridgehead atoms. The van der Waals surface area contributed by atoms with E-state index in [9.17, 15) is 78.0 Å². The molecule has 0 aromatic rings. The molecule has 0 aromatic heterocycles. The number of carboxylic acid groups (broad SMARTS) is 3. The molecule has 1 aliphatic heterocycles. The third-order valence-corrected chi connectivity index (χ3v) is 13.2. The number of carbonyl (C=O) groups is 12. The summed E-state index contributed by atoms with van der Waals surface area (Å²) in [5.41, 5.74) is 11.3. The van der Waals surface area contributed by atoms with E-state index in [1.165, 1.54) is 11.8 Å². The average Bonchev–Trinajstić information content (AvgIpc) is 3.84. The first-order valence-corrected chi connectivity index (χ1v) is 25.4. The van der Waals surface area contributed by atoms with E-state index >= 15 is 0 Å². The standard InChI is InChI=1S/C45H76N10O16S/c1-8-22(4)34(54-40(65)29(21-56)51-37(62)25(46)17-19-72-7)41(66)48-26(13-15-31(47)57)38(63)52-36(24(6)10-3)43(68)50-28(20-33(60)61)39(64)53-35(23(5)9-2)42(67)49-27(14-16-32(58)59)44(69)55-18-11-12-30(55)45(70)71/h22-30,34-36,56H,8-21,46H2,1-7H3,(H2,47,57)(H,48,66)(H,49,67)(H,50,68)(H,51,62)(H,52,63)(H,53,64)(H,54,65)(H,58,59)(H,60,61)(H,70,71)/t22-,23-,24-,25-,26-,27-,28-,29-,30-,34-,35-,36-/m0/s1. The van der Waals surface area contributed by atoms with E-state index < -0.39 is 182 Å². The molecule has 1 aliphatic rings. The van der Waals surface area contributed by atoms with Crippen molar-refractivity contribution in [1.29, 1.82) is 0 Å². The van der Waals surface area contributed by atoms with Gasteiger partial charge in [-0.05, 0) is 61.9 Å². The molecule has 1 fully saturated rings. The maximum atomic E-state index is 14.1. The number of primary amides is 1. The van der Waals surface area contributed by atoms with Crippen molar-refractivity contribution < 1.29 is 78.0 Å². The number of aliphatic hydroxyl groups is 1. The molecule has 1 heterocycles. The molecule has 0 saturated carbocycles. The molecule has 1 rings (SSSR count). The number of carboxylic acids is 3. The molecule has 0 aliphatic carbocycles. The molecular weight excluding hydrogens is 969 g/mol. The average molecular weight is 1050 g/mol. The smallest absolute Gasteiger partial charge is 0.326 e. The van der Waals surface area contributed by atoms with Gasteiger partial charge in [-0.2, -0.15) is 11.8 Å². The van der Waals surface area contributed by atoms with Crippen LogP contribution in [0.2, 0.25) is 0 Å². The summed E-state index contributed by atoms with van der Waals surface area (Å²) in [6.07, 6.45) is 0.375. The Kier molecular flexibility index (Phi) is 28.5. The van der Waals surface area contributed by atoms with Crippen molar-refractivity contribution in [3.63, 3.8) is 0 Å². The molecule has 0 unspecified atom stereocenters. The second-order valence-corrected chi connectivity index (χ2v) is 19.0. The van der Waals surface area contributed by atoms with Gasteiger partial charge in [0.15, 0.2) is 0 Å². The van der Waals surface area contributed by atoms with E-state index in [1.54, 1.807) is 41.5 Å². The fourth-order valence-corrected chi connectivity index (χ4v) is 7.94. The van der Waals surface area contributed by atoms with Crippen LogP contribution in [0.25, 0.3) is 0 Å². The van der Waals surface area contributed by atoms with Crippen LogP contribution < -0.4 is 48.7 Å². The molecular formula is C45H76N10O16S. The molecule has 12 atom stereocenters. The van der Waals surface area contributed by atoms with Gasteiger partial charge in [0.2, 0.25) is 53.2 Å². The summed E-state index contributed by atoms with van der Waals surface area (Å²) in [7, 11) is 0. The Bertz CT molecular complexity index is 1930. The summed E-state index contributed by atoms with van der Waals surface area (Å²) in [5, 5.41) is 55.9. The maximum Gasteiger partial charge on any atom is 0.326 e. The number of amides is 9. The van der Waals surface area contributed by atoms with Gasteiger partial charge in [-0.25, -0.2) is 4.79 Å². The molecule has 9 amide bonds. The van der Waals surface area contributed by atoms with Crippen molar-refractivity contribution in [2.75, 3.05) is 25.2 Å². The van der Waals surface area contributed by atoms with Crippen LogP contribution in [0.5, 0.6) is 0 Å². The van der Waals surface area contributed by atoms with Gasteiger partial charge < -0.3 is 74.0 Å². The van der Waals surface area contributed by atoms with Crippen LogP contribution in [-0.2, 0) is 57.5 Å². The highest BCUT2D eigenvalue weighted by Crippen LogP contribution is 2.21. The predicted octanol–water partition coefficient (Wildman–Crippen LogP) is -2.73. The molecule has 1 saturated heterocycles. The normalized spacial score (nSPS) is 17.8. The zero-order valence-electron chi connectivity index (χ0n) is 42.0. The van der Waals surface area contributed by atoms with E-state index in [0.29, 0.717) is 18.6 Å². The van der Waals surface area contributed by atoms with Crippen LogP contribution in [0.15, 0.2) is 0 Å². The third kappa shape index (κ3) is 20.9. The van der Waals surface area contributed by atoms with Gasteiger partial charge >= 0.3 is 17.9 Å². The fraction of sp³-hybridized carbons (Fsp3) is 0.733. The van der Waals surface area contributed by atoms with Crippen molar-refractivity contribution >= 4 is 82.8 Å². The number of likely N-dealkylation sites (tertiary alicyclic amines) is 1. The quantitative estimate of drug-likeness (QED) is 0.0311. The summed E-state index contributed by atoms with van der Waals surface area (Å²) in [6, 6.07) is -13.1. The number of nitrogens with two attached hydrogens (primary N) is 2. The van der Waals surface area contributed by atoms with Crippen LogP contribution >= 0.6 is 11.8 Å². The Balaban J connectivity index is 3.48. The SMILES string of the molecule is CC[C@H](C)[C@H](NC(=O)[C@H](CO)NC(=O)[C@@H](N)CCSC)C(=O)N[C@@H](CCC(N)=O)C(=O)N[C@H](C(=O)N[C@@H](CC(=O)O)C(=O)N[C@H](C(=O)N[C@@H](CCC(=O)O)C(=O)N1CCC[C@H]1C(=O)O)[C@@H](C)CC)[C@@H](C)CC. The summed E-state index contributed by atoms with van der Waals surface area (Å²) < 4.78 is 0. The number of nitrogens with zero attached hydrogens (tertiary/aromatic N) is 1. The number of carbonyl (C=O) groups excluding carboxylic acids is 9. The van der Waals surface area contributed by atoms with Gasteiger partial charge in [0.1, 0.15) is 48.3 Å². The van der Waals surface area contributed by atoms with Crippen LogP contribution in [0, 0.1) is 17.8 Å². The highest BCUT2D eigenvalue weighted by molar-refractivity contribution is 7.98. The Labute approximate surface area is 422 Å². The number of aliphatic carboxylic acids is 3. The minimum absolute atomic E-state index is 0.0291. The second kappa shape index (κ2) is 32.1. The Morgan fingerprint density at radius 1 is 0.583 bits per heavy atom. The predicted molar refractivity (Wildman–Crippen MR) is 260 cm³/mol. The minimum Gasteiger partial charge on any atom is -0.481 e. The molecule has 0 radical (unpaired) electrons. The molecule has 15 N–H and O–H groups in total. The van der Waals surface area contributed by atoms with Crippen LogP contribution in [0.1, 0.15) is 112 Å². The molecule has 27 heteroatoms. The van der Waals surface area contributed by atoms with E-state index in [2.05, 4.69) is 37.2 Å². The van der Waals surface area contributed by atoms with Crippen molar-refractivity contribution in [3.05, 3.63) is 0 Å². The highest BCUT2D eigenvalue weighted by Gasteiger charge is 2.41. The van der Waals surface area contributed by atoms with Crippen LogP contribution in [-0.4, -0.2) is 176 Å². The lowest BCUT2D eigenvalue weighted by Crippen LogP contribution is -2.62. The van der Waals surface area contributed by atoms with Gasteiger partial charge in [0, 0.05) is 19.4 Å². The van der Waals surface area contributed by atoms with Gasteiger partial charge in [-0.1, -0.05) is 60.8 Å². The number of thioether (sulfide) groups is 1. The highest BCUT2D eigenvalue weighted by atomic mass is 32.2. The number of aliphatic hydroxyl groups excluding tert-OH is 1. The largest absolute Gasteiger partial charge is 0.481 e. The summed E-state index contributed by atoms with van der Waals surface area (Å²) in [6.45, 7) is 8.87. The van der Waals surface area contributed by atoms with Gasteiger partial charge in [0.25, 0.3) is 0 Å². The zero-order chi connectivity index (χ0) is 55.0. The Morgan fingerprint density at radius 3 is 1.43 bits per heavy atom. The van der Waals surface area contributed by atoms with Crippen molar-refractivity contribution in [1.82, 2.24) is 42.1 Å². The summed E-state index contributed by atoms with van der Waals surface area (Å²) in [4.78, 5) is 158. The third-order valence-electron chi connectivity index (χ3n) is 12.6. The monoisotopic (exact) mass is 1040 g/mol. The van der Waals surface area contributed by atoms with E-state index in [0.717, 1.165) is 4.90 Å². The molecule has 72 heavy (non-hydrogen) atoms. The summed E-state index contributed by atoms with van der Waals surface area (Å²) in [5.74, 6) is -14.3. The van der Waals surface area contributed by atoms with E-state index in [4.69, 9.17) is 11.5 Å². The van der Waals surface area contributed by atoms with E-state index in [-0.39, 0.29) is 32.2 Å². The van der Waals surface area contributed by atoms with Gasteiger partial charge in [-0.15, -0.1) is 0 Å². The topological polar surface area (TPSA) is 425 Å².